The van der Waals surface area contributed by atoms with Gasteiger partial charge < -0.3 is 10.6 Å². The van der Waals surface area contributed by atoms with Gasteiger partial charge in [0.2, 0.25) is 5.91 Å². The van der Waals surface area contributed by atoms with E-state index in [4.69, 9.17) is 11.6 Å². The highest BCUT2D eigenvalue weighted by atomic mass is 35.5. The third-order valence-corrected chi connectivity index (χ3v) is 5.39. The van der Waals surface area contributed by atoms with Crippen molar-refractivity contribution in [3.05, 3.63) is 34.4 Å². The third kappa shape index (κ3) is 4.06. The highest BCUT2D eigenvalue weighted by Gasteiger charge is 2.36. The van der Waals surface area contributed by atoms with Crippen molar-refractivity contribution in [2.24, 2.45) is 5.92 Å². The van der Waals surface area contributed by atoms with E-state index in [0.717, 1.165) is 44.2 Å². The first-order chi connectivity index (χ1) is 11.5. The number of nitrogens with one attached hydrogen (secondary N) is 2. The molecule has 3 atom stereocenters. The summed E-state index contributed by atoms with van der Waals surface area (Å²) in [6, 6.07) is 2.20. The molecule has 24 heavy (non-hydrogen) atoms. The van der Waals surface area contributed by atoms with Crippen molar-refractivity contribution in [3.63, 3.8) is 0 Å². The Morgan fingerprint density at radius 3 is 2.67 bits per heavy atom. The van der Waals surface area contributed by atoms with Gasteiger partial charge in [-0.2, -0.15) is 0 Å². The second-order valence-corrected chi connectivity index (χ2v) is 7.32. The molecule has 0 spiro atoms. The van der Waals surface area contributed by atoms with Crippen LogP contribution in [-0.2, 0) is 11.2 Å². The topological polar surface area (TPSA) is 41.1 Å². The maximum Gasteiger partial charge on any atom is 0.237 e. The Bertz CT molecular complexity index is 621. The molecule has 1 aromatic rings. The van der Waals surface area contributed by atoms with Crippen molar-refractivity contribution >= 4 is 17.5 Å². The summed E-state index contributed by atoms with van der Waals surface area (Å²) < 4.78 is 27.7. The maximum absolute atomic E-state index is 14.0. The van der Waals surface area contributed by atoms with E-state index >= 15 is 0 Å². The molecular formula is C18H23ClF2N2O. The predicted molar refractivity (Wildman–Crippen MR) is 90.0 cm³/mol. The Kier molecular flexibility index (Phi) is 5.40. The Morgan fingerprint density at radius 1 is 1.29 bits per heavy atom. The predicted octanol–water partition coefficient (Wildman–Crippen LogP) is 3.59. The number of carbonyl (C=O) groups is 1. The molecule has 2 N–H and O–H groups in total. The Hall–Kier alpha value is -1.20. The number of halogens is 3. The SMILES string of the molecule is CC[C@@H]1CC[C@H](C(=O)NC(Cc2cc(F)c(Cl)cc2F)C2CC2)N1. The van der Waals surface area contributed by atoms with Crippen LogP contribution in [0, 0.1) is 17.6 Å². The molecule has 2 fully saturated rings. The fraction of sp³-hybridized carbons (Fsp3) is 0.611. The van der Waals surface area contributed by atoms with Gasteiger partial charge in [0, 0.05) is 12.1 Å². The molecule has 1 saturated carbocycles. The normalized spacial score (nSPS) is 24.8. The molecular weight excluding hydrogens is 334 g/mol. The van der Waals surface area contributed by atoms with E-state index in [0.29, 0.717) is 18.4 Å². The van der Waals surface area contributed by atoms with Gasteiger partial charge in [-0.05, 0) is 62.1 Å². The van der Waals surface area contributed by atoms with Gasteiger partial charge in [0.15, 0.2) is 0 Å². The molecule has 2 aliphatic rings. The van der Waals surface area contributed by atoms with Crippen LogP contribution in [0.2, 0.25) is 5.02 Å². The summed E-state index contributed by atoms with van der Waals surface area (Å²) in [5.74, 6) is -0.836. The van der Waals surface area contributed by atoms with E-state index in [2.05, 4.69) is 17.6 Å². The standard InChI is InChI=1S/C18H23ClF2N2O/c1-2-12-5-6-16(22-12)18(24)23-17(10-3-4-10)8-11-7-15(21)13(19)9-14(11)20/h7,9-10,12,16-17,22H,2-6,8H2,1H3,(H,23,24)/t12-,16-,17?/m1/s1. The van der Waals surface area contributed by atoms with Gasteiger partial charge in [0.05, 0.1) is 11.1 Å². The zero-order valence-electron chi connectivity index (χ0n) is 13.7. The molecule has 1 unspecified atom stereocenters. The third-order valence-electron chi connectivity index (χ3n) is 5.10. The van der Waals surface area contributed by atoms with Crippen LogP contribution in [0.15, 0.2) is 12.1 Å². The molecule has 1 aliphatic carbocycles. The number of hydrogen-bond donors (Lipinski definition) is 2. The van der Waals surface area contributed by atoms with Crippen LogP contribution in [0.4, 0.5) is 8.78 Å². The lowest BCUT2D eigenvalue weighted by molar-refractivity contribution is -0.123. The summed E-state index contributed by atoms with van der Waals surface area (Å²) >= 11 is 5.60. The van der Waals surface area contributed by atoms with Gasteiger partial charge >= 0.3 is 0 Å². The van der Waals surface area contributed by atoms with Crippen LogP contribution in [0.1, 0.15) is 44.6 Å². The second kappa shape index (κ2) is 7.36. The van der Waals surface area contributed by atoms with Gasteiger partial charge in [0.25, 0.3) is 0 Å². The molecule has 0 radical (unpaired) electrons. The number of amides is 1. The van der Waals surface area contributed by atoms with E-state index in [9.17, 15) is 13.6 Å². The second-order valence-electron chi connectivity index (χ2n) is 6.92. The lowest BCUT2D eigenvalue weighted by Gasteiger charge is -2.22. The minimum Gasteiger partial charge on any atom is -0.351 e. The van der Waals surface area contributed by atoms with E-state index in [1.165, 1.54) is 0 Å². The molecule has 1 amide bonds. The number of rotatable bonds is 6. The monoisotopic (exact) mass is 356 g/mol. The summed E-state index contributed by atoms with van der Waals surface area (Å²) in [5.41, 5.74) is 0.264. The fourth-order valence-corrected chi connectivity index (χ4v) is 3.57. The molecule has 132 valence electrons. The lowest BCUT2D eigenvalue weighted by Crippen LogP contribution is -2.48. The summed E-state index contributed by atoms with van der Waals surface area (Å²) in [5, 5.41) is 6.17. The van der Waals surface area contributed by atoms with Gasteiger partial charge in [0.1, 0.15) is 11.6 Å². The zero-order chi connectivity index (χ0) is 17.3. The van der Waals surface area contributed by atoms with Gasteiger partial charge in [-0.25, -0.2) is 8.78 Å². The summed E-state index contributed by atoms with van der Waals surface area (Å²) in [6.07, 6.45) is 5.15. The van der Waals surface area contributed by atoms with Crippen molar-refractivity contribution in [2.45, 2.75) is 63.6 Å². The average Bonchev–Trinajstić information content (AvgIpc) is 3.28. The molecule has 1 aliphatic heterocycles. The Labute approximate surface area is 146 Å². The van der Waals surface area contributed by atoms with E-state index in [-0.39, 0.29) is 28.6 Å². The lowest BCUT2D eigenvalue weighted by atomic mass is 10.0. The van der Waals surface area contributed by atoms with Crippen molar-refractivity contribution in [1.29, 1.82) is 0 Å². The van der Waals surface area contributed by atoms with Crippen molar-refractivity contribution in [2.75, 3.05) is 0 Å². The van der Waals surface area contributed by atoms with E-state index < -0.39 is 11.6 Å². The average molecular weight is 357 g/mol. The van der Waals surface area contributed by atoms with Crippen LogP contribution in [0.3, 0.4) is 0 Å². The number of carbonyl (C=O) groups excluding carboxylic acids is 1. The van der Waals surface area contributed by atoms with E-state index in [1.807, 2.05) is 0 Å². The van der Waals surface area contributed by atoms with Crippen molar-refractivity contribution < 1.29 is 13.6 Å². The summed E-state index contributed by atoms with van der Waals surface area (Å²) in [4.78, 5) is 12.5. The molecule has 1 saturated heterocycles. The molecule has 3 nitrogen and oxygen atoms in total. The molecule has 6 heteroatoms. The smallest absolute Gasteiger partial charge is 0.237 e. The first kappa shape index (κ1) is 17.6. The molecule has 1 aromatic carbocycles. The summed E-state index contributed by atoms with van der Waals surface area (Å²) in [7, 11) is 0. The van der Waals surface area contributed by atoms with Crippen LogP contribution < -0.4 is 10.6 Å². The number of hydrogen-bond acceptors (Lipinski definition) is 2. The van der Waals surface area contributed by atoms with Crippen LogP contribution in [-0.4, -0.2) is 24.0 Å². The molecule has 0 aromatic heterocycles. The highest BCUT2D eigenvalue weighted by Crippen LogP contribution is 2.35. The Balaban J connectivity index is 1.65. The van der Waals surface area contributed by atoms with Crippen molar-refractivity contribution in [3.8, 4) is 0 Å². The molecule has 3 rings (SSSR count). The van der Waals surface area contributed by atoms with Crippen LogP contribution in [0.5, 0.6) is 0 Å². The van der Waals surface area contributed by atoms with E-state index in [1.54, 1.807) is 0 Å². The highest BCUT2D eigenvalue weighted by molar-refractivity contribution is 6.30. The largest absolute Gasteiger partial charge is 0.351 e. The first-order valence-electron chi connectivity index (χ1n) is 8.67. The fourth-order valence-electron chi connectivity index (χ4n) is 3.42. The van der Waals surface area contributed by atoms with Crippen LogP contribution in [0.25, 0.3) is 0 Å². The van der Waals surface area contributed by atoms with Crippen LogP contribution >= 0.6 is 11.6 Å². The zero-order valence-corrected chi connectivity index (χ0v) is 14.5. The minimum atomic E-state index is -0.628. The van der Waals surface area contributed by atoms with Gasteiger partial charge in [-0.3, -0.25) is 4.79 Å². The van der Waals surface area contributed by atoms with Gasteiger partial charge in [-0.15, -0.1) is 0 Å². The molecule has 0 bridgehead atoms. The maximum atomic E-state index is 14.0. The Morgan fingerprint density at radius 2 is 2.04 bits per heavy atom. The number of benzene rings is 1. The molecule has 1 heterocycles. The van der Waals surface area contributed by atoms with Gasteiger partial charge in [-0.1, -0.05) is 18.5 Å². The minimum absolute atomic E-state index is 0.0299. The quantitative estimate of drug-likeness (QED) is 0.765. The van der Waals surface area contributed by atoms with Crippen molar-refractivity contribution in [1.82, 2.24) is 10.6 Å². The first-order valence-corrected chi connectivity index (χ1v) is 9.05. The summed E-state index contributed by atoms with van der Waals surface area (Å²) in [6.45, 7) is 2.10.